The highest BCUT2D eigenvalue weighted by atomic mass is 16.5. The van der Waals surface area contributed by atoms with E-state index in [1.165, 1.54) is 42.3 Å². The molecular formula is C10H21N5O5. The zero-order valence-corrected chi connectivity index (χ0v) is 12.4. The first-order chi connectivity index (χ1) is 9.26. The summed E-state index contributed by atoms with van der Waals surface area (Å²) in [5.74, 6) is 0. The number of urea groups is 3. The molecule has 0 spiro atoms. The third-order valence-electron chi connectivity index (χ3n) is 2.00. The quantitative estimate of drug-likeness (QED) is 0.562. The SMILES string of the molecule is CNC(=O)N(C)C(=O)NC.CNC(=O)N(C)C(=O)OC. The number of rotatable bonds is 0. The number of nitrogens with zero attached hydrogens (tertiary/aromatic N) is 2. The molecule has 0 rings (SSSR count). The second-order valence-electron chi connectivity index (χ2n) is 3.25. The van der Waals surface area contributed by atoms with Gasteiger partial charge in [-0.2, -0.15) is 0 Å². The lowest BCUT2D eigenvalue weighted by molar-refractivity contribution is 0.137. The van der Waals surface area contributed by atoms with Crippen LogP contribution >= 0.6 is 0 Å². The maximum absolute atomic E-state index is 10.7. The Bertz CT molecular complexity index is 294. The van der Waals surface area contributed by atoms with Gasteiger partial charge < -0.3 is 20.7 Å². The van der Waals surface area contributed by atoms with Crippen LogP contribution in [0.25, 0.3) is 0 Å². The van der Waals surface area contributed by atoms with Crippen LogP contribution in [0.1, 0.15) is 0 Å². The average molecular weight is 291 g/mol. The average Bonchev–Trinajstić information content (AvgIpc) is 2.50. The van der Waals surface area contributed by atoms with Gasteiger partial charge in [-0.15, -0.1) is 0 Å². The molecule has 3 N–H and O–H groups in total. The van der Waals surface area contributed by atoms with Crippen LogP contribution in [-0.2, 0) is 4.74 Å². The maximum atomic E-state index is 10.7. The van der Waals surface area contributed by atoms with Crippen LogP contribution in [0.3, 0.4) is 0 Å². The molecule has 0 aromatic carbocycles. The van der Waals surface area contributed by atoms with Gasteiger partial charge in [-0.25, -0.2) is 29.0 Å². The summed E-state index contributed by atoms with van der Waals surface area (Å²) >= 11 is 0. The predicted molar refractivity (Wildman–Crippen MR) is 71.3 cm³/mol. The minimum atomic E-state index is -0.681. The number of methoxy groups -OCH3 is 1. The summed E-state index contributed by atoms with van der Waals surface area (Å²) < 4.78 is 4.26. The van der Waals surface area contributed by atoms with Crippen LogP contribution in [0.2, 0.25) is 0 Å². The molecule has 0 saturated heterocycles. The second-order valence-corrected chi connectivity index (χ2v) is 3.25. The molecule has 7 amide bonds. The number of ether oxygens (including phenoxy) is 1. The van der Waals surface area contributed by atoms with Crippen molar-refractivity contribution in [2.24, 2.45) is 0 Å². The van der Waals surface area contributed by atoms with Crippen LogP contribution < -0.4 is 16.0 Å². The van der Waals surface area contributed by atoms with Gasteiger partial charge in [0.2, 0.25) is 0 Å². The van der Waals surface area contributed by atoms with Crippen molar-refractivity contribution < 1.29 is 23.9 Å². The van der Waals surface area contributed by atoms with Crippen LogP contribution in [0, 0.1) is 0 Å². The fourth-order valence-corrected chi connectivity index (χ4v) is 0.815. The highest BCUT2D eigenvalue weighted by Gasteiger charge is 2.14. The molecule has 116 valence electrons. The molecule has 0 aromatic rings. The fourth-order valence-electron chi connectivity index (χ4n) is 0.815. The number of hydrogen-bond acceptors (Lipinski definition) is 5. The highest BCUT2D eigenvalue weighted by molar-refractivity contribution is 5.92. The Balaban J connectivity index is 0. The molecule has 0 aliphatic carbocycles. The van der Waals surface area contributed by atoms with E-state index in [0.717, 1.165) is 9.80 Å². The van der Waals surface area contributed by atoms with Crippen LogP contribution in [0.15, 0.2) is 0 Å². The lowest BCUT2D eigenvalue weighted by Crippen LogP contribution is -2.43. The predicted octanol–water partition coefficient (Wildman–Crippen LogP) is -0.379. The van der Waals surface area contributed by atoms with Gasteiger partial charge in [0.15, 0.2) is 0 Å². The molecule has 0 aromatic heterocycles. The first-order valence-electron chi connectivity index (χ1n) is 5.47. The van der Waals surface area contributed by atoms with Gasteiger partial charge in [0, 0.05) is 35.2 Å². The molecule has 20 heavy (non-hydrogen) atoms. The number of carbonyl (C=O) groups is 4. The largest absolute Gasteiger partial charge is 0.452 e. The molecule has 0 bridgehead atoms. The van der Waals surface area contributed by atoms with Gasteiger partial charge in [-0.05, 0) is 0 Å². The van der Waals surface area contributed by atoms with Crippen molar-refractivity contribution in [2.75, 3.05) is 42.3 Å². The monoisotopic (exact) mass is 291 g/mol. The van der Waals surface area contributed by atoms with E-state index in [9.17, 15) is 19.2 Å². The Morgan fingerprint density at radius 1 is 0.750 bits per heavy atom. The van der Waals surface area contributed by atoms with Crippen LogP contribution in [-0.4, -0.2) is 76.3 Å². The summed E-state index contributed by atoms with van der Waals surface area (Å²) in [6.45, 7) is 0. The van der Waals surface area contributed by atoms with Gasteiger partial charge >= 0.3 is 24.2 Å². The number of amides is 7. The lowest BCUT2D eigenvalue weighted by Gasteiger charge is -2.12. The van der Waals surface area contributed by atoms with Crippen molar-refractivity contribution in [3.8, 4) is 0 Å². The van der Waals surface area contributed by atoms with Crippen LogP contribution in [0.4, 0.5) is 19.2 Å². The molecule has 0 aliphatic heterocycles. The summed E-state index contributed by atoms with van der Waals surface area (Å²) in [5.41, 5.74) is 0. The zero-order valence-electron chi connectivity index (χ0n) is 12.4. The third kappa shape index (κ3) is 7.03. The highest BCUT2D eigenvalue weighted by Crippen LogP contribution is 1.87. The van der Waals surface area contributed by atoms with Crippen molar-refractivity contribution >= 4 is 24.2 Å². The van der Waals surface area contributed by atoms with Crippen molar-refractivity contribution in [3.05, 3.63) is 0 Å². The first-order valence-corrected chi connectivity index (χ1v) is 5.47. The number of imide groups is 2. The normalized spacial score (nSPS) is 8.30. The Kier molecular flexibility index (Phi) is 10.3. The number of carbonyl (C=O) groups excluding carboxylic acids is 4. The number of hydrogen-bond donors (Lipinski definition) is 3. The van der Waals surface area contributed by atoms with E-state index in [0.29, 0.717) is 0 Å². The Labute approximate surface area is 117 Å². The van der Waals surface area contributed by atoms with E-state index in [4.69, 9.17) is 0 Å². The van der Waals surface area contributed by atoms with Crippen molar-refractivity contribution in [2.45, 2.75) is 0 Å². The van der Waals surface area contributed by atoms with Gasteiger partial charge in [-0.1, -0.05) is 0 Å². The summed E-state index contributed by atoms with van der Waals surface area (Å²) in [6.07, 6.45) is -0.681. The minimum Gasteiger partial charge on any atom is -0.452 e. The molecule has 0 atom stereocenters. The minimum absolute atomic E-state index is 0.431. The van der Waals surface area contributed by atoms with Crippen molar-refractivity contribution in [1.82, 2.24) is 25.8 Å². The Morgan fingerprint density at radius 2 is 1.05 bits per heavy atom. The summed E-state index contributed by atoms with van der Waals surface area (Å²) in [7, 11) is 8.27. The van der Waals surface area contributed by atoms with E-state index in [1.54, 1.807) is 0 Å². The van der Waals surface area contributed by atoms with Gasteiger partial charge in [0.05, 0.1) is 7.11 Å². The Hall–Kier alpha value is -2.52. The van der Waals surface area contributed by atoms with E-state index < -0.39 is 24.2 Å². The summed E-state index contributed by atoms with van der Waals surface area (Å²) in [4.78, 5) is 44.3. The van der Waals surface area contributed by atoms with E-state index in [1.807, 2.05) is 0 Å². The molecule has 0 aliphatic rings. The van der Waals surface area contributed by atoms with Crippen LogP contribution in [0.5, 0.6) is 0 Å². The summed E-state index contributed by atoms with van der Waals surface area (Å²) in [6, 6.07) is -1.36. The van der Waals surface area contributed by atoms with Crippen molar-refractivity contribution in [3.63, 3.8) is 0 Å². The van der Waals surface area contributed by atoms with E-state index in [2.05, 4.69) is 20.7 Å². The van der Waals surface area contributed by atoms with Gasteiger partial charge in [0.25, 0.3) is 0 Å². The molecule has 0 fully saturated rings. The van der Waals surface area contributed by atoms with Gasteiger partial charge in [-0.3, -0.25) is 0 Å². The zero-order chi connectivity index (χ0) is 16.3. The molecule has 0 saturated carbocycles. The van der Waals surface area contributed by atoms with Gasteiger partial charge in [0.1, 0.15) is 0 Å². The molecular weight excluding hydrogens is 270 g/mol. The molecule has 10 heteroatoms. The lowest BCUT2D eigenvalue weighted by atomic mass is 10.7. The summed E-state index contributed by atoms with van der Waals surface area (Å²) in [5, 5.41) is 6.88. The maximum Gasteiger partial charge on any atom is 0.417 e. The molecule has 10 nitrogen and oxygen atoms in total. The molecule has 0 heterocycles. The number of nitrogens with one attached hydrogen (secondary N) is 3. The molecule has 0 unspecified atom stereocenters. The Morgan fingerprint density at radius 3 is 1.30 bits per heavy atom. The van der Waals surface area contributed by atoms with E-state index >= 15 is 0 Å². The van der Waals surface area contributed by atoms with Crippen molar-refractivity contribution in [1.29, 1.82) is 0 Å². The van der Waals surface area contributed by atoms with E-state index in [-0.39, 0.29) is 0 Å². The first kappa shape index (κ1) is 19.8. The standard InChI is InChI=1S/C5H11N3O2.C5H10N2O3/c1-6-4(9)8(3)5(10)7-2;1-6-4(8)7(2)5(9)10-3/h1-3H3,(H,6,9)(H,7,10);1-3H3,(H,6,8). The topological polar surface area (TPSA) is 120 Å². The fraction of sp³-hybridized carbons (Fsp3) is 0.600. The molecule has 0 radical (unpaired) electrons. The smallest absolute Gasteiger partial charge is 0.417 e. The second kappa shape index (κ2) is 10.4. The third-order valence-corrected chi connectivity index (χ3v) is 2.00.